The average molecular weight is 436 g/mol. The highest BCUT2D eigenvalue weighted by Gasteiger charge is 2.35. The topological polar surface area (TPSA) is 103 Å². The minimum absolute atomic E-state index is 0.0123. The third kappa shape index (κ3) is 5.38. The van der Waals surface area contributed by atoms with Crippen LogP contribution >= 0.6 is 11.8 Å². The van der Waals surface area contributed by atoms with Crippen LogP contribution in [0.2, 0.25) is 0 Å². The molecule has 2 aromatic rings. The van der Waals surface area contributed by atoms with E-state index in [-0.39, 0.29) is 23.0 Å². The van der Waals surface area contributed by atoms with Crippen LogP contribution in [-0.2, 0) is 15.8 Å². The number of alkyl halides is 3. The maximum absolute atomic E-state index is 13.0. The van der Waals surface area contributed by atoms with Crippen LogP contribution in [0.1, 0.15) is 17.5 Å². The molecule has 1 saturated heterocycles. The molecule has 0 aromatic heterocycles. The Labute approximate surface area is 173 Å². The Morgan fingerprint density at radius 3 is 2.63 bits per heavy atom. The molecule has 3 rings (SSSR count). The van der Waals surface area contributed by atoms with E-state index in [2.05, 4.69) is 20.8 Å². The molecule has 1 aliphatic heterocycles. The minimum atomic E-state index is -4.62. The quantitative estimate of drug-likeness (QED) is 0.494. The molecular weight excluding hydrogens is 421 g/mol. The van der Waals surface area contributed by atoms with E-state index in [1.165, 1.54) is 24.4 Å². The highest BCUT2D eigenvalue weighted by atomic mass is 32.2. The van der Waals surface area contributed by atoms with Gasteiger partial charge in [0.25, 0.3) is 0 Å². The number of phenols is 1. The monoisotopic (exact) mass is 436 g/mol. The van der Waals surface area contributed by atoms with E-state index in [1.807, 2.05) is 0 Å². The summed E-state index contributed by atoms with van der Waals surface area (Å²) in [5.74, 6) is -1.23. The number of nitrogens with one attached hydrogen (secondary N) is 2. The van der Waals surface area contributed by atoms with E-state index in [0.29, 0.717) is 5.56 Å². The Hall–Kier alpha value is -3.34. The van der Waals surface area contributed by atoms with Gasteiger partial charge in [0, 0.05) is 12.0 Å². The Balaban J connectivity index is 1.61. The zero-order chi connectivity index (χ0) is 21.7. The first-order chi connectivity index (χ1) is 14.2. The lowest BCUT2D eigenvalue weighted by Crippen LogP contribution is -2.28. The van der Waals surface area contributed by atoms with E-state index in [9.17, 15) is 27.9 Å². The molecule has 1 heterocycles. The highest BCUT2D eigenvalue weighted by Crippen LogP contribution is 2.34. The summed E-state index contributed by atoms with van der Waals surface area (Å²) in [7, 11) is 0. The normalized spacial score (nSPS) is 18.0. The number of thioether (sulfide) groups is 1. The van der Waals surface area contributed by atoms with Gasteiger partial charge in [0.15, 0.2) is 5.17 Å². The van der Waals surface area contributed by atoms with Gasteiger partial charge in [0.1, 0.15) is 11.0 Å². The van der Waals surface area contributed by atoms with Crippen LogP contribution in [0, 0.1) is 0 Å². The first-order valence-corrected chi connectivity index (χ1v) is 9.44. The molecular formula is C19H15F3N4O3S. The molecule has 2 aromatic carbocycles. The molecule has 11 heteroatoms. The van der Waals surface area contributed by atoms with Crippen LogP contribution in [0.15, 0.2) is 58.7 Å². The largest absolute Gasteiger partial charge is 0.507 e. The van der Waals surface area contributed by atoms with Crippen molar-refractivity contribution in [3.05, 3.63) is 59.7 Å². The number of phenolic OH excluding ortho intramolecular Hbond substituents is 1. The van der Waals surface area contributed by atoms with Gasteiger partial charge in [-0.15, -0.1) is 5.10 Å². The van der Waals surface area contributed by atoms with E-state index >= 15 is 0 Å². The second kappa shape index (κ2) is 8.99. The summed E-state index contributed by atoms with van der Waals surface area (Å²) in [6, 6.07) is 11.0. The van der Waals surface area contributed by atoms with E-state index in [4.69, 9.17) is 0 Å². The van der Waals surface area contributed by atoms with Gasteiger partial charge in [0.05, 0.1) is 17.5 Å². The molecule has 7 nitrogen and oxygen atoms in total. The number of rotatable bonds is 5. The number of nitrogens with zero attached hydrogens (tertiary/aromatic N) is 2. The minimum Gasteiger partial charge on any atom is -0.507 e. The van der Waals surface area contributed by atoms with Crippen LogP contribution in [0.25, 0.3) is 0 Å². The van der Waals surface area contributed by atoms with Crippen molar-refractivity contribution in [3.8, 4) is 5.75 Å². The number of aromatic hydroxyl groups is 1. The molecule has 156 valence electrons. The number of hydrogen-bond acceptors (Lipinski definition) is 6. The van der Waals surface area contributed by atoms with Gasteiger partial charge in [-0.3, -0.25) is 9.59 Å². The summed E-state index contributed by atoms with van der Waals surface area (Å²) in [4.78, 5) is 24.2. The number of amides is 2. The molecule has 0 spiro atoms. The summed E-state index contributed by atoms with van der Waals surface area (Å²) < 4.78 is 39.1. The van der Waals surface area contributed by atoms with Crippen molar-refractivity contribution in [2.45, 2.75) is 17.8 Å². The Kier molecular flexibility index (Phi) is 6.40. The van der Waals surface area contributed by atoms with Crippen LogP contribution in [0.5, 0.6) is 5.75 Å². The molecule has 1 fully saturated rings. The van der Waals surface area contributed by atoms with Crippen molar-refractivity contribution < 1.29 is 27.9 Å². The van der Waals surface area contributed by atoms with Gasteiger partial charge < -0.3 is 15.7 Å². The molecule has 0 saturated carbocycles. The first kappa shape index (κ1) is 21.4. The van der Waals surface area contributed by atoms with E-state index < -0.39 is 28.8 Å². The van der Waals surface area contributed by atoms with Gasteiger partial charge in [-0.25, -0.2) is 0 Å². The van der Waals surface area contributed by atoms with Crippen LogP contribution in [0.4, 0.5) is 18.9 Å². The third-order valence-electron chi connectivity index (χ3n) is 3.94. The molecule has 1 aliphatic rings. The lowest BCUT2D eigenvalue weighted by molar-refractivity contribution is -0.137. The second-order valence-corrected chi connectivity index (χ2v) is 7.29. The Morgan fingerprint density at radius 2 is 1.90 bits per heavy atom. The molecule has 0 aliphatic carbocycles. The fourth-order valence-electron chi connectivity index (χ4n) is 2.54. The molecule has 3 N–H and O–H groups in total. The maximum Gasteiger partial charge on any atom is 0.418 e. The number of anilines is 1. The molecule has 0 bridgehead atoms. The molecule has 0 radical (unpaired) electrons. The molecule has 30 heavy (non-hydrogen) atoms. The first-order valence-electron chi connectivity index (χ1n) is 8.56. The summed E-state index contributed by atoms with van der Waals surface area (Å²) in [6.45, 7) is 0. The van der Waals surface area contributed by atoms with Crippen molar-refractivity contribution >= 4 is 40.6 Å². The zero-order valence-corrected chi connectivity index (χ0v) is 16.0. The highest BCUT2D eigenvalue weighted by molar-refractivity contribution is 8.15. The number of amidine groups is 1. The number of carbonyl (C=O) groups is 2. The second-order valence-electron chi connectivity index (χ2n) is 6.10. The van der Waals surface area contributed by atoms with Gasteiger partial charge in [-0.05, 0) is 24.3 Å². The van der Waals surface area contributed by atoms with Crippen molar-refractivity contribution in [1.29, 1.82) is 0 Å². The van der Waals surface area contributed by atoms with Crippen molar-refractivity contribution in [1.82, 2.24) is 5.32 Å². The van der Waals surface area contributed by atoms with Crippen molar-refractivity contribution in [2.24, 2.45) is 10.2 Å². The number of hydrogen-bond donors (Lipinski definition) is 3. The van der Waals surface area contributed by atoms with Gasteiger partial charge >= 0.3 is 6.18 Å². The summed E-state index contributed by atoms with van der Waals surface area (Å²) in [6.07, 6.45) is -3.66. The molecule has 2 amide bonds. The maximum atomic E-state index is 13.0. The third-order valence-corrected chi connectivity index (χ3v) is 5.01. The smallest absolute Gasteiger partial charge is 0.418 e. The van der Waals surface area contributed by atoms with Gasteiger partial charge in [-0.1, -0.05) is 36.0 Å². The predicted octanol–water partition coefficient (Wildman–Crippen LogP) is 3.36. The van der Waals surface area contributed by atoms with Gasteiger partial charge in [-0.2, -0.15) is 18.3 Å². The van der Waals surface area contributed by atoms with Crippen LogP contribution < -0.4 is 10.6 Å². The average Bonchev–Trinajstić information content (AvgIpc) is 3.02. The number of carbonyl (C=O) groups excluding carboxylic acids is 2. The number of para-hydroxylation sites is 2. The number of benzene rings is 2. The number of halogens is 3. The summed E-state index contributed by atoms with van der Waals surface area (Å²) in [5.41, 5.74) is -0.919. The fraction of sp³-hybridized carbons (Fsp3) is 0.158. The van der Waals surface area contributed by atoms with Crippen molar-refractivity contribution in [3.63, 3.8) is 0 Å². The zero-order valence-electron chi connectivity index (χ0n) is 15.2. The van der Waals surface area contributed by atoms with E-state index in [0.717, 1.165) is 23.9 Å². The summed E-state index contributed by atoms with van der Waals surface area (Å²) >= 11 is 0.937. The van der Waals surface area contributed by atoms with E-state index in [1.54, 1.807) is 18.2 Å². The standard InChI is InChI=1S/C19H15F3N4O3S/c20-19(21,22)12-6-2-3-7-13(12)24-16(28)9-15-17(29)25-18(30-15)26-23-10-11-5-1-4-8-14(11)27/h1-8,10,15,27H,9H2,(H,24,28)(H,25,26,29)/b23-10-/t15-/m0/s1. The van der Waals surface area contributed by atoms with Crippen LogP contribution in [-0.4, -0.2) is 33.6 Å². The fourth-order valence-corrected chi connectivity index (χ4v) is 3.46. The lowest BCUT2D eigenvalue weighted by Gasteiger charge is -2.14. The predicted molar refractivity (Wildman–Crippen MR) is 107 cm³/mol. The summed E-state index contributed by atoms with van der Waals surface area (Å²) in [5, 5.41) is 21.2. The van der Waals surface area contributed by atoms with Gasteiger partial charge in [0.2, 0.25) is 11.8 Å². The SMILES string of the molecule is O=C(C[C@@H]1S/C(=N/N=C\c2ccccc2O)NC1=O)Nc1ccccc1C(F)(F)F. The molecule has 0 unspecified atom stereocenters. The lowest BCUT2D eigenvalue weighted by atomic mass is 10.1. The molecule has 1 atom stereocenters. The van der Waals surface area contributed by atoms with Crippen molar-refractivity contribution in [2.75, 3.05) is 5.32 Å². The van der Waals surface area contributed by atoms with Crippen LogP contribution in [0.3, 0.4) is 0 Å². The Morgan fingerprint density at radius 1 is 1.20 bits per heavy atom. The Bertz CT molecular complexity index is 1020.